The van der Waals surface area contributed by atoms with Crippen molar-refractivity contribution in [2.45, 2.75) is 13.8 Å². The first-order valence-corrected chi connectivity index (χ1v) is 10.3. The van der Waals surface area contributed by atoms with Crippen LogP contribution in [0.1, 0.15) is 11.3 Å². The highest BCUT2D eigenvalue weighted by Gasteiger charge is 2.24. The number of anilines is 1. The van der Waals surface area contributed by atoms with Crippen molar-refractivity contribution < 1.29 is 13.9 Å². The number of hydrogen-bond acceptors (Lipinski definition) is 5. The van der Waals surface area contributed by atoms with Crippen LogP contribution in [0.5, 0.6) is 5.75 Å². The summed E-state index contributed by atoms with van der Waals surface area (Å²) >= 11 is 0. The first-order valence-electron chi connectivity index (χ1n) is 10.3. The van der Waals surface area contributed by atoms with Gasteiger partial charge in [0.15, 0.2) is 12.4 Å². The van der Waals surface area contributed by atoms with Gasteiger partial charge < -0.3 is 14.5 Å². The molecule has 0 saturated carbocycles. The molecule has 3 aromatic rings. The molecule has 0 spiro atoms. The quantitative estimate of drug-likeness (QED) is 0.631. The van der Waals surface area contributed by atoms with Gasteiger partial charge >= 0.3 is 0 Å². The maximum Gasteiger partial charge on any atom is 0.260 e. The van der Waals surface area contributed by atoms with E-state index in [2.05, 4.69) is 9.88 Å². The number of para-hydroxylation sites is 1. The Morgan fingerprint density at radius 3 is 2.45 bits per heavy atom. The van der Waals surface area contributed by atoms with Crippen molar-refractivity contribution in [1.29, 1.82) is 0 Å². The summed E-state index contributed by atoms with van der Waals surface area (Å²) < 4.78 is 19.2. The van der Waals surface area contributed by atoms with Crippen LogP contribution in [0.2, 0.25) is 0 Å². The number of benzene rings is 2. The number of carbonyl (C=O) groups excluding carboxylic acids is 1. The molecule has 0 unspecified atom stereocenters. The van der Waals surface area contributed by atoms with Gasteiger partial charge in [0.25, 0.3) is 5.91 Å². The van der Waals surface area contributed by atoms with Crippen LogP contribution in [-0.4, -0.2) is 53.6 Å². The molecule has 4 rings (SSSR count). The molecular weight excluding hydrogens is 395 g/mol. The fourth-order valence-electron chi connectivity index (χ4n) is 3.60. The number of carbonyl (C=O) groups is 1. The Morgan fingerprint density at radius 2 is 1.74 bits per heavy atom. The molecule has 0 atom stereocenters. The normalized spacial score (nSPS) is 13.9. The van der Waals surface area contributed by atoms with Gasteiger partial charge in [-0.2, -0.15) is 0 Å². The van der Waals surface area contributed by atoms with Crippen LogP contribution in [0.3, 0.4) is 0 Å². The summed E-state index contributed by atoms with van der Waals surface area (Å²) in [7, 11) is 0. The Kier molecular flexibility index (Phi) is 6.11. The second-order valence-electron chi connectivity index (χ2n) is 7.56. The van der Waals surface area contributed by atoms with E-state index in [0.29, 0.717) is 43.3 Å². The highest BCUT2D eigenvalue weighted by molar-refractivity contribution is 5.78. The SMILES string of the molecule is Cc1nc(-c2cccc(F)c2)nc(N2CCN(C(=O)COc3ccccc3)CC2)c1C. The third kappa shape index (κ3) is 4.82. The number of ether oxygens (including phenoxy) is 1. The summed E-state index contributed by atoms with van der Waals surface area (Å²) in [5, 5.41) is 0. The fourth-order valence-corrected chi connectivity index (χ4v) is 3.60. The van der Waals surface area contributed by atoms with Crippen LogP contribution < -0.4 is 9.64 Å². The number of hydrogen-bond donors (Lipinski definition) is 0. The summed E-state index contributed by atoms with van der Waals surface area (Å²) in [6.45, 7) is 6.46. The largest absolute Gasteiger partial charge is 0.484 e. The molecule has 0 aliphatic carbocycles. The number of halogens is 1. The van der Waals surface area contributed by atoms with Gasteiger partial charge in [0.05, 0.1) is 0 Å². The third-order valence-electron chi connectivity index (χ3n) is 5.48. The maximum absolute atomic E-state index is 13.7. The predicted octanol–water partition coefficient (Wildman–Crippen LogP) is 3.63. The molecule has 0 N–H and O–H groups in total. The fraction of sp³-hybridized carbons (Fsp3) is 0.292. The summed E-state index contributed by atoms with van der Waals surface area (Å²) in [6, 6.07) is 15.6. The van der Waals surface area contributed by atoms with Crippen LogP contribution in [0.4, 0.5) is 10.2 Å². The van der Waals surface area contributed by atoms with Gasteiger partial charge in [-0.25, -0.2) is 14.4 Å². The van der Waals surface area contributed by atoms with Gasteiger partial charge in [-0.3, -0.25) is 4.79 Å². The van der Waals surface area contributed by atoms with Crippen LogP contribution >= 0.6 is 0 Å². The molecule has 2 heterocycles. The van der Waals surface area contributed by atoms with Crippen molar-refractivity contribution in [1.82, 2.24) is 14.9 Å². The van der Waals surface area contributed by atoms with Crippen molar-refractivity contribution in [2.75, 3.05) is 37.7 Å². The zero-order chi connectivity index (χ0) is 21.8. The number of rotatable bonds is 5. The van der Waals surface area contributed by atoms with Crippen molar-refractivity contribution in [3.63, 3.8) is 0 Å². The minimum atomic E-state index is -0.314. The molecule has 0 radical (unpaired) electrons. The number of aryl methyl sites for hydroxylation is 1. The van der Waals surface area contributed by atoms with Gasteiger partial charge in [0.1, 0.15) is 17.4 Å². The molecule has 0 bridgehead atoms. The van der Waals surface area contributed by atoms with Crippen molar-refractivity contribution >= 4 is 11.7 Å². The number of nitrogens with zero attached hydrogens (tertiary/aromatic N) is 4. The number of piperazine rings is 1. The molecule has 6 nitrogen and oxygen atoms in total. The first-order chi connectivity index (χ1) is 15.0. The Morgan fingerprint density at radius 1 is 1.00 bits per heavy atom. The second kappa shape index (κ2) is 9.12. The molecule has 1 fully saturated rings. The third-order valence-corrected chi connectivity index (χ3v) is 5.48. The zero-order valence-corrected chi connectivity index (χ0v) is 17.7. The van der Waals surface area contributed by atoms with Crippen LogP contribution in [0.25, 0.3) is 11.4 Å². The molecule has 1 amide bonds. The second-order valence-corrected chi connectivity index (χ2v) is 7.56. The van der Waals surface area contributed by atoms with E-state index < -0.39 is 0 Å². The first kappa shape index (κ1) is 20.8. The lowest BCUT2D eigenvalue weighted by Gasteiger charge is -2.36. The smallest absolute Gasteiger partial charge is 0.260 e. The summed E-state index contributed by atoms with van der Waals surface area (Å²) in [6.07, 6.45) is 0. The molecule has 1 saturated heterocycles. The highest BCUT2D eigenvalue weighted by Crippen LogP contribution is 2.26. The molecule has 160 valence electrons. The van der Waals surface area contributed by atoms with E-state index in [1.165, 1.54) is 12.1 Å². The van der Waals surface area contributed by atoms with E-state index in [-0.39, 0.29) is 18.3 Å². The molecule has 31 heavy (non-hydrogen) atoms. The van der Waals surface area contributed by atoms with Crippen LogP contribution in [0.15, 0.2) is 54.6 Å². The topological polar surface area (TPSA) is 58.6 Å². The van der Waals surface area contributed by atoms with Gasteiger partial charge in [-0.05, 0) is 38.1 Å². The molecule has 1 aliphatic heterocycles. The highest BCUT2D eigenvalue weighted by atomic mass is 19.1. The molecular formula is C24H25FN4O2. The minimum Gasteiger partial charge on any atom is -0.484 e. The monoisotopic (exact) mass is 420 g/mol. The Bertz CT molecular complexity index is 1070. The van der Waals surface area contributed by atoms with Crippen LogP contribution in [-0.2, 0) is 4.79 Å². The summed E-state index contributed by atoms with van der Waals surface area (Å²) in [5.41, 5.74) is 2.50. The Labute approximate surface area is 181 Å². The van der Waals surface area contributed by atoms with Gasteiger partial charge in [0, 0.05) is 43.0 Å². The van der Waals surface area contributed by atoms with Gasteiger partial charge in [0.2, 0.25) is 0 Å². The van der Waals surface area contributed by atoms with Gasteiger partial charge in [-0.15, -0.1) is 0 Å². The number of amides is 1. The molecule has 7 heteroatoms. The van der Waals surface area contributed by atoms with Crippen molar-refractivity contribution in [3.05, 3.63) is 71.7 Å². The Hall–Kier alpha value is -3.48. The predicted molar refractivity (Wildman–Crippen MR) is 118 cm³/mol. The van der Waals surface area contributed by atoms with Crippen molar-refractivity contribution in [3.8, 4) is 17.1 Å². The maximum atomic E-state index is 13.7. The molecule has 1 aliphatic rings. The van der Waals surface area contributed by atoms with Crippen molar-refractivity contribution in [2.24, 2.45) is 0 Å². The standard InChI is InChI=1S/C24H25FN4O2/c1-17-18(2)26-23(19-7-6-8-20(25)15-19)27-24(17)29-13-11-28(12-14-29)22(30)16-31-21-9-4-3-5-10-21/h3-10,15H,11-14,16H2,1-2H3. The average Bonchev–Trinajstić information content (AvgIpc) is 2.80. The number of aromatic nitrogens is 2. The van der Waals surface area contributed by atoms with E-state index in [1.807, 2.05) is 49.1 Å². The Balaban J connectivity index is 1.43. The van der Waals surface area contributed by atoms with Gasteiger partial charge in [-0.1, -0.05) is 30.3 Å². The minimum absolute atomic E-state index is 0.0272. The van der Waals surface area contributed by atoms with E-state index >= 15 is 0 Å². The zero-order valence-electron chi connectivity index (χ0n) is 17.7. The lowest BCUT2D eigenvalue weighted by molar-refractivity contribution is -0.133. The average molecular weight is 420 g/mol. The lowest BCUT2D eigenvalue weighted by atomic mass is 10.1. The van der Waals surface area contributed by atoms with E-state index in [1.54, 1.807) is 12.1 Å². The van der Waals surface area contributed by atoms with Crippen LogP contribution in [0, 0.1) is 19.7 Å². The molecule has 2 aromatic carbocycles. The van der Waals surface area contributed by atoms with E-state index in [9.17, 15) is 9.18 Å². The van der Waals surface area contributed by atoms with E-state index in [4.69, 9.17) is 9.72 Å². The molecule has 1 aromatic heterocycles. The lowest BCUT2D eigenvalue weighted by Crippen LogP contribution is -2.50. The summed E-state index contributed by atoms with van der Waals surface area (Å²) in [4.78, 5) is 25.8. The van der Waals surface area contributed by atoms with E-state index in [0.717, 1.165) is 17.1 Å². The summed E-state index contributed by atoms with van der Waals surface area (Å²) in [5.74, 6) is 1.68.